The first-order valence-electron chi connectivity index (χ1n) is 5.00. The lowest BCUT2D eigenvalue weighted by Crippen LogP contribution is -2.35. The summed E-state index contributed by atoms with van der Waals surface area (Å²) in [5.41, 5.74) is 1.01. The Morgan fingerprint density at radius 2 is 2.07 bits per heavy atom. The summed E-state index contributed by atoms with van der Waals surface area (Å²) < 4.78 is 19.0. The van der Waals surface area contributed by atoms with Gasteiger partial charge in [0.1, 0.15) is 5.82 Å². The van der Waals surface area contributed by atoms with Crippen molar-refractivity contribution in [1.29, 1.82) is 0 Å². The van der Waals surface area contributed by atoms with E-state index in [0.717, 1.165) is 38.4 Å². The normalized spacial score (nSPS) is 18.0. The van der Waals surface area contributed by atoms with Crippen molar-refractivity contribution in [3.8, 4) is 0 Å². The molecule has 0 amide bonds. The number of ether oxygens (including phenoxy) is 1. The highest BCUT2D eigenvalue weighted by molar-refractivity contribution is 9.10. The van der Waals surface area contributed by atoms with Gasteiger partial charge in [-0.05, 0) is 33.6 Å². The van der Waals surface area contributed by atoms with Crippen LogP contribution in [0, 0.1) is 5.82 Å². The minimum Gasteiger partial charge on any atom is -0.379 e. The maximum atomic E-state index is 13.2. The van der Waals surface area contributed by atoms with E-state index in [4.69, 9.17) is 4.74 Å². The summed E-state index contributed by atoms with van der Waals surface area (Å²) in [7, 11) is 0. The Bertz CT molecular complexity index is 339. The van der Waals surface area contributed by atoms with Gasteiger partial charge in [-0.3, -0.25) is 4.90 Å². The molecule has 2 rings (SSSR count). The molecule has 1 heterocycles. The fourth-order valence-electron chi connectivity index (χ4n) is 1.66. The third-order valence-corrected chi connectivity index (χ3v) is 3.14. The molecule has 0 saturated carbocycles. The third kappa shape index (κ3) is 3.00. The zero-order chi connectivity index (χ0) is 10.7. The van der Waals surface area contributed by atoms with Crippen molar-refractivity contribution in [3.63, 3.8) is 0 Å². The molecular formula is C11H13BrFNO. The second-order valence-electron chi connectivity index (χ2n) is 3.64. The van der Waals surface area contributed by atoms with Crippen LogP contribution in [0.1, 0.15) is 5.56 Å². The standard InChI is InChI=1S/C11H13BrFNO/c12-10-2-1-9(7-11(10)13)8-14-3-5-15-6-4-14/h1-2,7H,3-6,8H2. The largest absolute Gasteiger partial charge is 0.379 e. The molecular weight excluding hydrogens is 261 g/mol. The molecule has 0 aliphatic carbocycles. The third-order valence-electron chi connectivity index (χ3n) is 2.49. The Kier molecular flexibility index (Phi) is 3.72. The Labute approximate surface area is 97.2 Å². The number of halogens is 2. The van der Waals surface area contributed by atoms with Gasteiger partial charge in [0.2, 0.25) is 0 Å². The molecule has 0 N–H and O–H groups in total. The van der Waals surface area contributed by atoms with Crippen molar-refractivity contribution >= 4 is 15.9 Å². The average Bonchev–Trinajstić information content (AvgIpc) is 2.25. The van der Waals surface area contributed by atoms with Gasteiger partial charge in [0, 0.05) is 19.6 Å². The van der Waals surface area contributed by atoms with Crippen LogP contribution in [-0.4, -0.2) is 31.2 Å². The van der Waals surface area contributed by atoms with E-state index in [0.29, 0.717) is 4.47 Å². The molecule has 0 radical (unpaired) electrons. The van der Waals surface area contributed by atoms with Gasteiger partial charge in [-0.15, -0.1) is 0 Å². The van der Waals surface area contributed by atoms with Crippen LogP contribution in [0.3, 0.4) is 0 Å². The number of hydrogen-bond donors (Lipinski definition) is 0. The van der Waals surface area contributed by atoms with Gasteiger partial charge >= 0.3 is 0 Å². The molecule has 0 spiro atoms. The molecule has 0 aromatic heterocycles. The van der Waals surface area contributed by atoms with Crippen LogP contribution in [0.25, 0.3) is 0 Å². The van der Waals surface area contributed by atoms with E-state index in [1.807, 2.05) is 6.07 Å². The van der Waals surface area contributed by atoms with Crippen LogP contribution in [-0.2, 0) is 11.3 Å². The first kappa shape index (κ1) is 11.0. The molecule has 4 heteroatoms. The van der Waals surface area contributed by atoms with Gasteiger partial charge in [-0.2, -0.15) is 0 Å². The van der Waals surface area contributed by atoms with E-state index in [2.05, 4.69) is 20.8 Å². The van der Waals surface area contributed by atoms with E-state index < -0.39 is 0 Å². The number of rotatable bonds is 2. The molecule has 0 unspecified atom stereocenters. The summed E-state index contributed by atoms with van der Waals surface area (Å²) in [6.45, 7) is 4.21. The van der Waals surface area contributed by atoms with Crippen LogP contribution in [0.2, 0.25) is 0 Å². The van der Waals surface area contributed by atoms with Gasteiger partial charge in [0.15, 0.2) is 0 Å². The predicted octanol–water partition coefficient (Wildman–Crippen LogP) is 2.42. The molecule has 82 valence electrons. The smallest absolute Gasteiger partial charge is 0.137 e. The summed E-state index contributed by atoms with van der Waals surface area (Å²) in [6, 6.07) is 5.29. The highest BCUT2D eigenvalue weighted by atomic mass is 79.9. The summed E-state index contributed by atoms with van der Waals surface area (Å²) >= 11 is 3.15. The van der Waals surface area contributed by atoms with Gasteiger partial charge in [-0.1, -0.05) is 6.07 Å². The van der Waals surface area contributed by atoms with Crippen molar-refractivity contribution in [2.75, 3.05) is 26.3 Å². The van der Waals surface area contributed by atoms with Gasteiger partial charge < -0.3 is 4.74 Å². The predicted molar refractivity (Wildman–Crippen MR) is 60.2 cm³/mol. The van der Waals surface area contributed by atoms with E-state index in [-0.39, 0.29) is 5.82 Å². The monoisotopic (exact) mass is 273 g/mol. The molecule has 15 heavy (non-hydrogen) atoms. The number of morpholine rings is 1. The lowest BCUT2D eigenvalue weighted by Gasteiger charge is -2.26. The molecule has 2 nitrogen and oxygen atoms in total. The Balaban J connectivity index is 2.00. The molecule has 0 atom stereocenters. The fraction of sp³-hybridized carbons (Fsp3) is 0.455. The van der Waals surface area contributed by atoms with Gasteiger partial charge in [0.05, 0.1) is 17.7 Å². The van der Waals surface area contributed by atoms with Crippen molar-refractivity contribution in [3.05, 3.63) is 34.1 Å². The summed E-state index contributed by atoms with van der Waals surface area (Å²) in [5, 5.41) is 0. The first-order valence-corrected chi connectivity index (χ1v) is 5.79. The van der Waals surface area contributed by atoms with Crippen molar-refractivity contribution in [1.82, 2.24) is 4.90 Å². The van der Waals surface area contributed by atoms with Crippen LogP contribution in [0.4, 0.5) is 4.39 Å². The van der Waals surface area contributed by atoms with E-state index >= 15 is 0 Å². The number of nitrogens with zero attached hydrogens (tertiary/aromatic N) is 1. The van der Waals surface area contributed by atoms with Gasteiger partial charge in [-0.25, -0.2) is 4.39 Å². The van der Waals surface area contributed by atoms with Crippen LogP contribution < -0.4 is 0 Å². The summed E-state index contributed by atoms with van der Waals surface area (Å²) in [5.74, 6) is -0.194. The minimum absolute atomic E-state index is 0.194. The van der Waals surface area contributed by atoms with E-state index in [1.165, 1.54) is 0 Å². The van der Waals surface area contributed by atoms with E-state index in [9.17, 15) is 4.39 Å². The molecule has 1 fully saturated rings. The SMILES string of the molecule is Fc1cc(CN2CCOCC2)ccc1Br. The zero-order valence-electron chi connectivity index (χ0n) is 8.38. The van der Waals surface area contributed by atoms with Crippen molar-refractivity contribution in [2.45, 2.75) is 6.54 Å². The van der Waals surface area contributed by atoms with Crippen LogP contribution in [0.5, 0.6) is 0 Å². The molecule has 1 aromatic rings. The number of hydrogen-bond acceptors (Lipinski definition) is 2. The lowest BCUT2D eigenvalue weighted by molar-refractivity contribution is 0.0341. The minimum atomic E-state index is -0.194. The average molecular weight is 274 g/mol. The zero-order valence-corrected chi connectivity index (χ0v) is 9.96. The summed E-state index contributed by atoms with van der Waals surface area (Å²) in [6.07, 6.45) is 0. The van der Waals surface area contributed by atoms with Crippen molar-refractivity contribution < 1.29 is 9.13 Å². The molecule has 1 aromatic carbocycles. The fourth-order valence-corrected chi connectivity index (χ4v) is 1.90. The first-order chi connectivity index (χ1) is 7.25. The highest BCUT2D eigenvalue weighted by Crippen LogP contribution is 2.17. The molecule has 1 saturated heterocycles. The quantitative estimate of drug-likeness (QED) is 0.821. The Hall–Kier alpha value is -0.450. The molecule has 1 aliphatic heterocycles. The molecule has 0 bridgehead atoms. The van der Waals surface area contributed by atoms with Crippen molar-refractivity contribution in [2.24, 2.45) is 0 Å². The Morgan fingerprint density at radius 1 is 1.33 bits per heavy atom. The highest BCUT2D eigenvalue weighted by Gasteiger charge is 2.11. The van der Waals surface area contributed by atoms with Gasteiger partial charge in [0.25, 0.3) is 0 Å². The molecule has 1 aliphatic rings. The topological polar surface area (TPSA) is 12.5 Å². The Morgan fingerprint density at radius 3 is 2.73 bits per heavy atom. The van der Waals surface area contributed by atoms with Crippen LogP contribution >= 0.6 is 15.9 Å². The summed E-state index contributed by atoms with van der Waals surface area (Å²) in [4.78, 5) is 2.27. The van der Waals surface area contributed by atoms with Crippen LogP contribution in [0.15, 0.2) is 22.7 Å². The lowest BCUT2D eigenvalue weighted by atomic mass is 10.2. The second kappa shape index (κ2) is 5.05. The maximum absolute atomic E-state index is 13.2. The van der Waals surface area contributed by atoms with E-state index in [1.54, 1.807) is 12.1 Å². The second-order valence-corrected chi connectivity index (χ2v) is 4.49. The maximum Gasteiger partial charge on any atom is 0.137 e. The number of benzene rings is 1.